The Bertz CT molecular complexity index is 633. The summed E-state index contributed by atoms with van der Waals surface area (Å²) in [5.74, 6) is 0.758. The highest BCUT2D eigenvalue weighted by Crippen LogP contribution is 2.19. The van der Waals surface area contributed by atoms with Crippen LogP contribution in [0.2, 0.25) is 0 Å². The Hall–Kier alpha value is -2.30. The lowest BCUT2D eigenvalue weighted by Gasteiger charge is -2.17. The van der Waals surface area contributed by atoms with Crippen LogP contribution in [-0.4, -0.2) is 40.6 Å². The summed E-state index contributed by atoms with van der Waals surface area (Å²) in [6.45, 7) is 5.60. The minimum Gasteiger partial charge on any atom is -0.623 e. The molecule has 0 fully saturated rings. The summed E-state index contributed by atoms with van der Waals surface area (Å²) in [6, 6.07) is 8.10. The van der Waals surface area contributed by atoms with E-state index in [-0.39, 0.29) is 0 Å². The van der Waals surface area contributed by atoms with Gasteiger partial charge in [0.25, 0.3) is 0 Å². The molecule has 0 saturated heterocycles. The number of aromatic nitrogens is 2. The highest BCUT2D eigenvalue weighted by molar-refractivity contribution is 5.74. The van der Waals surface area contributed by atoms with E-state index < -0.39 is 5.54 Å². The van der Waals surface area contributed by atoms with Crippen LogP contribution in [0.4, 0.5) is 5.69 Å². The van der Waals surface area contributed by atoms with E-state index in [2.05, 4.69) is 9.97 Å². The molecule has 5 heteroatoms. The molecule has 2 aromatic rings. The second kappa shape index (κ2) is 5.60. The van der Waals surface area contributed by atoms with E-state index in [1.165, 1.54) is 6.21 Å². The summed E-state index contributed by atoms with van der Waals surface area (Å²) in [6.07, 6.45) is 3.25. The van der Waals surface area contributed by atoms with Crippen molar-refractivity contribution in [2.24, 2.45) is 0 Å². The van der Waals surface area contributed by atoms with Crippen molar-refractivity contribution >= 4 is 11.9 Å². The molecule has 1 aromatic heterocycles. The maximum Gasteiger partial charge on any atom is 0.202 e. The minimum absolute atomic E-state index is 0.466. The molecule has 2 rings (SSSR count). The molecule has 112 valence electrons. The molecule has 21 heavy (non-hydrogen) atoms. The Balaban J connectivity index is 2.24. The average molecular weight is 286 g/mol. The van der Waals surface area contributed by atoms with Gasteiger partial charge in [-0.05, 0) is 24.3 Å². The van der Waals surface area contributed by atoms with Crippen molar-refractivity contribution in [1.29, 1.82) is 0 Å². The number of aromatic amines is 1. The van der Waals surface area contributed by atoms with Gasteiger partial charge in [0.1, 0.15) is 11.5 Å². The van der Waals surface area contributed by atoms with Crippen LogP contribution < -0.4 is 4.90 Å². The molecule has 1 aromatic carbocycles. The lowest BCUT2D eigenvalue weighted by atomic mass is 10.1. The third-order valence-electron chi connectivity index (χ3n) is 3.17. The highest BCUT2D eigenvalue weighted by atomic mass is 16.5. The highest BCUT2D eigenvalue weighted by Gasteiger charge is 2.18. The van der Waals surface area contributed by atoms with Crippen molar-refractivity contribution in [3.8, 4) is 11.4 Å². The Labute approximate surface area is 125 Å². The fourth-order valence-corrected chi connectivity index (χ4v) is 1.78. The number of rotatable bonds is 3. The molecule has 5 nitrogen and oxygen atoms in total. The summed E-state index contributed by atoms with van der Waals surface area (Å²) >= 11 is 0. The predicted molar refractivity (Wildman–Crippen MR) is 86.9 cm³/mol. The molecule has 0 aliphatic rings. The maximum absolute atomic E-state index is 11.9. The molecule has 0 aliphatic carbocycles. The first kappa shape index (κ1) is 15.1. The normalized spacial score (nSPS) is 12.5. The number of nitrogens with zero attached hydrogens (tertiary/aromatic N) is 3. The third kappa shape index (κ3) is 3.62. The molecule has 0 unspecified atom stereocenters. The van der Waals surface area contributed by atoms with Crippen molar-refractivity contribution in [1.82, 2.24) is 9.97 Å². The van der Waals surface area contributed by atoms with Crippen LogP contribution in [0.15, 0.2) is 30.5 Å². The molecule has 0 radical (unpaired) electrons. The predicted octanol–water partition coefficient (Wildman–Crippen LogP) is 2.87. The molecule has 0 saturated carbocycles. The summed E-state index contributed by atoms with van der Waals surface area (Å²) < 4.78 is 0.919. The quantitative estimate of drug-likeness (QED) is 0.408. The van der Waals surface area contributed by atoms with Gasteiger partial charge >= 0.3 is 0 Å². The number of hydrogen-bond donors (Lipinski definition) is 1. The van der Waals surface area contributed by atoms with Crippen molar-refractivity contribution < 1.29 is 4.74 Å². The number of nitrogens with one attached hydrogen (secondary N) is 1. The van der Waals surface area contributed by atoms with Gasteiger partial charge in [-0.15, -0.1) is 0 Å². The van der Waals surface area contributed by atoms with E-state index in [1.54, 1.807) is 6.20 Å². The molecular weight excluding hydrogens is 264 g/mol. The summed E-state index contributed by atoms with van der Waals surface area (Å²) in [5, 5.41) is 11.9. The first-order chi connectivity index (χ1) is 9.77. The number of hydrogen-bond acceptors (Lipinski definition) is 3. The first-order valence-electron chi connectivity index (χ1n) is 6.92. The average Bonchev–Trinajstić information content (AvgIpc) is 2.86. The van der Waals surface area contributed by atoms with E-state index in [4.69, 9.17) is 0 Å². The van der Waals surface area contributed by atoms with Crippen LogP contribution in [-0.2, 0) is 0 Å². The SMILES string of the molecule is CN(C)c1ccc(-c2nc(/C=[N+](\[O-])C(C)(C)C)c[nH]2)cc1. The number of imidazole rings is 1. The topological polar surface area (TPSA) is 58.0 Å². The minimum atomic E-state index is -0.466. The molecule has 0 bridgehead atoms. The van der Waals surface area contributed by atoms with Crippen LogP contribution in [0, 0.1) is 5.21 Å². The fraction of sp³-hybridized carbons (Fsp3) is 0.375. The third-order valence-corrected chi connectivity index (χ3v) is 3.17. The molecular formula is C16H22N4O. The lowest BCUT2D eigenvalue weighted by Crippen LogP contribution is -2.29. The molecule has 0 spiro atoms. The number of hydroxylamine groups is 1. The Kier molecular flexibility index (Phi) is 4.02. The molecule has 0 aliphatic heterocycles. The standard InChI is InChI=1S/C16H22N4O/c1-16(2,3)20(21)11-13-10-17-15(18-13)12-6-8-14(9-7-12)19(4)5/h6-11H,1-5H3,(H,17,18)/b20-11-. The van der Waals surface area contributed by atoms with Crippen LogP contribution >= 0.6 is 0 Å². The zero-order valence-electron chi connectivity index (χ0n) is 13.2. The Morgan fingerprint density at radius 2 is 1.81 bits per heavy atom. The van der Waals surface area contributed by atoms with Crippen molar-refractivity contribution in [2.75, 3.05) is 19.0 Å². The van der Waals surface area contributed by atoms with Gasteiger partial charge in [0, 0.05) is 52.3 Å². The van der Waals surface area contributed by atoms with Crippen LogP contribution in [0.3, 0.4) is 0 Å². The van der Waals surface area contributed by atoms with Crippen molar-refractivity contribution in [3.05, 3.63) is 41.4 Å². The zero-order chi connectivity index (χ0) is 15.6. The van der Waals surface area contributed by atoms with Gasteiger partial charge in [0.2, 0.25) is 6.21 Å². The van der Waals surface area contributed by atoms with Gasteiger partial charge in [-0.3, -0.25) is 0 Å². The first-order valence-corrected chi connectivity index (χ1v) is 6.92. The van der Waals surface area contributed by atoms with Gasteiger partial charge in [-0.25, -0.2) is 9.72 Å². The summed E-state index contributed by atoms with van der Waals surface area (Å²) in [7, 11) is 4.01. The Morgan fingerprint density at radius 1 is 1.19 bits per heavy atom. The van der Waals surface area contributed by atoms with Gasteiger partial charge in [0.15, 0.2) is 5.54 Å². The van der Waals surface area contributed by atoms with Crippen molar-refractivity contribution in [2.45, 2.75) is 26.3 Å². The molecule has 1 heterocycles. The second-order valence-corrected chi connectivity index (χ2v) is 6.24. The maximum atomic E-state index is 11.9. The van der Waals surface area contributed by atoms with Crippen LogP contribution in [0.5, 0.6) is 0 Å². The number of H-pyrrole nitrogens is 1. The Morgan fingerprint density at radius 3 is 2.33 bits per heavy atom. The second-order valence-electron chi connectivity index (χ2n) is 6.24. The van der Waals surface area contributed by atoms with Crippen molar-refractivity contribution in [3.63, 3.8) is 0 Å². The lowest BCUT2D eigenvalue weighted by molar-refractivity contribution is -0.530. The number of anilines is 1. The van der Waals surface area contributed by atoms with Gasteiger partial charge < -0.3 is 15.1 Å². The fourth-order valence-electron chi connectivity index (χ4n) is 1.78. The molecule has 0 atom stereocenters. The van der Waals surface area contributed by atoms with E-state index in [0.717, 1.165) is 21.8 Å². The smallest absolute Gasteiger partial charge is 0.202 e. The number of benzene rings is 1. The summed E-state index contributed by atoms with van der Waals surface area (Å²) in [5.41, 5.74) is 2.29. The monoisotopic (exact) mass is 286 g/mol. The molecule has 0 amide bonds. The molecule has 1 N–H and O–H groups in total. The van der Waals surface area contributed by atoms with E-state index in [1.807, 2.05) is 64.0 Å². The summed E-state index contributed by atoms with van der Waals surface area (Å²) in [4.78, 5) is 9.59. The van der Waals surface area contributed by atoms with E-state index in [0.29, 0.717) is 5.69 Å². The van der Waals surface area contributed by atoms with Gasteiger partial charge in [0.05, 0.1) is 0 Å². The van der Waals surface area contributed by atoms with E-state index >= 15 is 0 Å². The van der Waals surface area contributed by atoms with Gasteiger partial charge in [-0.1, -0.05) is 0 Å². The van der Waals surface area contributed by atoms with Gasteiger partial charge in [-0.2, -0.15) is 0 Å². The van der Waals surface area contributed by atoms with Crippen LogP contribution in [0.1, 0.15) is 26.5 Å². The zero-order valence-corrected chi connectivity index (χ0v) is 13.2. The van der Waals surface area contributed by atoms with E-state index in [9.17, 15) is 5.21 Å². The van der Waals surface area contributed by atoms with Crippen LogP contribution in [0.25, 0.3) is 11.4 Å². The largest absolute Gasteiger partial charge is 0.623 e.